The number of aromatic nitrogens is 4. The second kappa shape index (κ2) is 7.19. The number of nitrogens with one attached hydrogen (secondary N) is 2. The van der Waals surface area contributed by atoms with E-state index in [1.165, 1.54) is 11.9 Å². The zero-order chi connectivity index (χ0) is 18.9. The molecule has 2 N–H and O–H groups in total. The average molecular weight is 372 g/mol. The summed E-state index contributed by atoms with van der Waals surface area (Å²) >= 11 is 0. The van der Waals surface area contributed by atoms with E-state index >= 15 is 0 Å². The molecule has 1 aliphatic rings. The number of hydrogen-bond acceptors (Lipinski definition) is 5. The highest BCUT2D eigenvalue weighted by molar-refractivity contribution is 5.85. The Bertz CT molecular complexity index is 908. The van der Waals surface area contributed by atoms with Crippen LogP contribution >= 0.6 is 0 Å². The zero-order valence-electron chi connectivity index (χ0n) is 15.1. The van der Waals surface area contributed by atoms with Crippen molar-refractivity contribution in [2.45, 2.75) is 25.8 Å². The molecule has 0 unspecified atom stereocenters. The minimum Gasteiger partial charge on any atom is -0.369 e. The number of nitrogens with zero attached hydrogens (tertiary/aromatic N) is 4. The van der Waals surface area contributed by atoms with Crippen molar-refractivity contribution in [1.29, 1.82) is 0 Å². The van der Waals surface area contributed by atoms with Crippen molar-refractivity contribution in [2.24, 2.45) is 5.92 Å². The van der Waals surface area contributed by atoms with Gasteiger partial charge in [-0.1, -0.05) is 29.8 Å². The molecule has 0 amide bonds. The lowest BCUT2D eigenvalue weighted by molar-refractivity contribution is -0.108. The highest BCUT2D eigenvalue weighted by Crippen LogP contribution is 2.34. The lowest BCUT2D eigenvalue weighted by Gasteiger charge is -2.38. The predicted octanol–water partition coefficient (Wildman–Crippen LogP) is 3.23. The van der Waals surface area contributed by atoms with E-state index < -0.39 is 11.8 Å². The van der Waals surface area contributed by atoms with E-state index in [0.29, 0.717) is 36.4 Å². The van der Waals surface area contributed by atoms with Gasteiger partial charge in [-0.05, 0) is 25.5 Å². The Labute approximate surface area is 156 Å². The lowest BCUT2D eigenvalue weighted by atomic mass is 9.92. The smallest absolute Gasteiger partial charge is 0.265 e. The molecular weight excluding hydrogens is 350 g/mol. The van der Waals surface area contributed by atoms with Gasteiger partial charge in [0.15, 0.2) is 5.65 Å². The van der Waals surface area contributed by atoms with Gasteiger partial charge in [-0.3, -0.25) is 10.00 Å². The third-order valence-electron chi connectivity index (χ3n) is 5.12. The lowest BCUT2D eigenvalue weighted by Crippen LogP contribution is -2.50. The summed E-state index contributed by atoms with van der Waals surface area (Å²) in [6, 6.07) is 8.05. The molecule has 142 valence electrons. The summed E-state index contributed by atoms with van der Waals surface area (Å²) in [5.41, 5.74) is 2.83. The van der Waals surface area contributed by atoms with Crippen molar-refractivity contribution in [3.05, 3.63) is 47.9 Å². The maximum Gasteiger partial charge on any atom is 0.265 e. The number of anilines is 1. The summed E-state index contributed by atoms with van der Waals surface area (Å²) < 4.78 is 29.4. The van der Waals surface area contributed by atoms with Crippen LogP contribution < -0.4 is 5.32 Å². The molecule has 4 rings (SSSR count). The molecule has 2 aromatic heterocycles. The van der Waals surface area contributed by atoms with Crippen molar-refractivity contribution in [2.75, 3.05) is 25.0 Å². The van der Waals surface area contributed by atoms with Crippen LogP contribution in [0.3, 0.4) is 0 Å². The van der Waals surface area contributed by atoms with Crippen LogP contribution in [0, 0.1) is 12.8 Å². The summed E-state index contributed by atoms with van der Waals surface area (Å²) in [6.45, 7) is 3.17. The van der Waals surface area contributed by atoms with Gasteiger partial charge in [0.25, 0.3) is 5.92 Å². The standard InChI is InChI=1S/C19H22F2N6/c1-13-2-4-14(5-3-13)10-27-7-6-15(19(20,21)11-27)8-22-17-16-9-25-26-18(16)24-12-23-17/h2-5,9,12,15H,6-8,10-11H2,1H3,(H2,22,23,24,25,26)/t15-/m1/s1. The highest BCUT2D eigenvalue weighted by Gasteiger charge is 2.44. The van der Waals surface area contributed by atoms with E-state index in [9.17, 15) is 8.78 Å². The molecule has 3 heterocycles. The number of benzene rings is 1. The number of aryl methyl sites for hydroxylation is 1. The largest absolute Gasteiger partial charge is 0.369 e. The molecule has 1 fully saturated rings. The topological polar surface area (TPSA) is 69.7 Å². The minimum absolute atomic E-state index is 0.169. The molecule has 0 saturated carbocycles. The van der Waals surface area contributed by atoms with Crippen LogP contribution in [-0.4, -0.2) is 50.6 Å². The second-order valence-corrected chi connectivity index (χ2v) is 7.18. The number of aromatic amines is 1. The van der Waals surface area contributed by atoms with Gasteiger partial charge in [0.1, 0.15) is 12.1 Å². The molecular formula is C19H22F2N6. The van der Waals surface area contributed by atoms with Crippen molar-refractivity contribution >= 4 is 16.9 Å². The van der Waals surface area contributed by atoms with Crippen LogP contribution in [0.4, 0.5) is 14.6 Å². The van der Waals surface area contributed by atoms with Gasteiger partial charge in [-0.25, -0.2) is 18.7 Å². The van der Waals surface area contributed by atoms with E-state index in [-0.39, 0.29) is 13.1 Å². The fraction of sp³-hybridized carbons (Fsp3) is 0.421. The molecule has 0 spiro atoms. The van der Waals surface area contributed by atoms with E-state index in [1.807, 2.05) is 36.1 Å². The third kappa shape index (κ3) is 3.90. The van der Waals surface area contributed by atoms with Gasteiger partial charge in [-0.2, -0.15) is 5.10 Å². The molecule has 3 aromatic rings. The number of fused-ring (bicyclic) bond motifs is 1. The predicted molar refractivity (Wildman–Crippen MR) is 99.7 cm³/mol. The van der Waals surface area contributed by atoms with Gasteiger partial charge in [-0.15, -0.1) is 0 Å². The fourth-order valence-electron chi connectivity index (χ4n) is 3.52. The zero-order valence-corrected chi connectivity index (χ0v) is 15.1. The Morgan fingerprint density at radius 3 is 2.85 bits per heavy atom. The first-order valence-electron chi connectivity index (χ1n) is 9.05. The van der Waals surface area contributed by atoms with Crippen LogP contribution in [0.15, 0.2) is 36.8 Å². The van der Waals surface area contributed by atoms with Crippen LogP contribution in [0.2, 0.25) is 0 Å². The molecule has 27 heavy (non-hydrogen) atoms. The Hall–Kier alpha value is -2.61. The van der Waals surface area contributed by atoms with Crippen LogP contribution in [-0.2, 0) is 6.54 Å². The number of hydrogen-bond donors (Lipinski definition) is 2. The SMILES string of the molecule is Cc1ccc(CN2CC[C@H](CNc3ncnc4[nH]ncc34)C(F)(F)C2)cc1. The van der Waals surface area contributed by atoms with Crippen LogP contribution in [0.25, 0.3) is 11.0 Å². The second-order valence-electron chi connectivity index (χ2n) is 7.18. The Kier molecular flexibility index (Phi) is 4.73. The van der Waals surface area contributed by atoms with Gasteiger partial charge in [0, 0.05) is 19.0 Å². The molecule has 6 nitrogen and oxygen atoms in total. The van der Waals surface area contributed by atoms with Gasteiger partial charge >= 0.3 is 0 Å². The van der Waals surface area contributed by atoms with E-state index in [4.69, 9.17) is 0 Å². The van der Waals surface area contributed by atoms with Crippen LogP contribution in [0.5, 0.6) is 0 Å². The number of rotatable bonds is 5. The van der Waals surface area contributed by atoms with Crippen molar-refractivity contribution in [3.8, 4) is 0 Å². The monoisotopic (exact) mass is 372 g/mol. The number of alkyl halides is 2. The molecule has 8 heteroatoms. The molecule has 1 atom stereocenters. The first-order valence-corrected chi connectivity index (χ1v) is 9.05. The third-order valence-corrected chi connectivity index (χ3v) is 5.12. The molecule has 1 saturated heterocycles. The van der Waals surface area contributed by atoms with E-state index in [2.05, 4.69) is 25.5 Å². The minimum atomic E-state index is -2.75. The van der Waals surface area contributed by atoms with Crippen molar-refractivity contribution in [1.82, 2.24) is 25.1 Å². The highest BCUT2D eigenvalue weighted by atomic mass is 19.3. The maximum atomic E-state index is 14.7. The van der Waals surface area contributed by atoms with Gasteiger partial charge in [0.05, 0.1) is 18.1 Å². The Morgan fingerprint density at radius 2 is 2.07 bits per heavy atom. The van der Waals surface area contributed by atoms with Gasteiger partial charge < -0.3 is 5.32 Å². The summed E-state index contributed by atoms with van der Waals surface area (Å²) in [7, 11) is 0. The van der Waals surface area contributed by atoms with Crippen molar-refractivity contribution < 1.29 is 8.78 Å². The molecule has 1 aliphatic heterocycles. The average Bonchev–Trinajstić information content (AvgIpc) is 3.12. The summed E-state index contributed by atoms with van der Waals surface area (Å²) in [6.07, 6.45) is 3.43. The fourth-order valence-corrected chi connectivity index (χ4v) is 3.52. The van der Waals surface area contributed by atoms with Crippen molar-refractivity contribution in [3.63, 3.8) is 0 Å². The quantitative estimate of drug-likeness (QED) is 0.720. The molecule has 0 radical (unpaired) electrons. The number of halogens is 2. The van der Waals surface area contributed by atoms with E-state index in [0.717, 1.165) is 5.56 Å². The van der Waals surface area contributed by atoms with Crippen LogP contribution in [0.1, 0.15) is 17.5 Å². The number of likely N-dealkylation sites (tertiary alicyclic amines) is 1. The first-order chi connectivity index (χ1) is 13.0. The Balaban J connectivity index is 1.37. The summed E-state index contributed by atoms with van der Waals surface area (Å²) in [5.74, 6) is -2.95. The van der Waals surface area contributed by atoms with E-state index in [1.54, 1.807) is 6.20 Å². The Morgan fingerprint density at radius 1 is 1.26 bits per heavy atom. The van der Waals surface area contributed by atoms with Gasteiger partial charge in [0.2, 0.25) is 0 Å². The molecule has 0 aliphatic carbocycles. The molecule has 1 aromatic carbocycles. The summed E-state index contributed by atoms with van der Waals surface area (Å²) in [5, 5.41) is 10.4. The summed E-state index contributed by atoms with van der Waals surface area (Å²) in [4.78, 5) is 10.0. The first kappa shape index (κ1) is 17.8. The number of piperidine rings is 1. The normalized spacial score (nSPS) is 20.0. The molecule has 0 bridgehead atoms. The maximum absolute atomic E-state index is 14.7. The number of H-pyrrole nitrogens is 1.